The summed E-state index contributed by atoms with van der Waals surface area (Å²) in [5.74, 6) is 1.60. The first kappa shape index (κ1) is 13.0. The Morgan fingerprint density at radius 1 is 1.50 bits per heavy atom. The van der Waals surface area contributed by atoms with Crippen LogP contribution in [-0.4, -0.2) is 25.7 Å². The van der Waals surface area contributed by atoms with Crippen LogP contribution in [0.2, 0.25) is 5.02 Å². The van der Waals surface area contributed by atoms with Crippen LogP contribution in [0, 0.1) is 0 Å². The monoisotopic (exact) mass is 267 g/mol. The van der Waals surface area contributed by atoms with Gasteiger partial charge in [-0.05, 0) is 31.0 Å². The molecule has 0 saturated carbocycles. The highest BCUT2D eigenvalue weighted by molar-refractivity contribution is 6.32. The number of nitrogens with one attached hydrogen (secondary N) is 2. The average molecular weight is 268 g/mol. The molecule has 0 aliphatic carbocycles. The molecule has 1 aromatic carbocycles. The van der Waals surface area contributed by atoms with Crippen LogP contribution < -0.4 is 15.4 Å². The van der Waals surface area contributed by atoms with Crippen molar-refractivity contribution in [2.45, 2.75) is 19.9 Å². The van der Waals surface area contributed by atoms with Gasteiger partial charge < -0.3 is 15.4 Å². The molecule has 4 nitrogen and oxygen atoms in total. The largest absolute Gasteiger partial charge is 0.492 e. The Kier molecular flexibility index (Phi) is 4.70. The number of aliphatic imine (C=N–C) groups is 1. The van der Waals surface area contributed by atoms with Gasteiger partial charge in [-0.25, -0.2) is 0 Å². The maximum atomic E-state index is 6.13. The molecule has 0 aromatic heterocycles. The van der Waals surface area contributed by atoms with Gasteiger partial charge in [0, 0.05) is 19.6 Å². The van der Waals surface area contributed by atoms with Crippen molar-refractivity contribution >= 4 is 17.6 Å². The van der Waals surface area contributed by atoms with Crippen LogP contribution in [0.15, 0.2) is 23.2 Å². The molecule has 2 rings (SSSR count). The molecule has 0 saturated heterocycles. The van der Waals surface area contributed by atoms with Crippen molar-refractivity contribution in [2.24, 2.45) is 4.99 Å². The van der Waals surface area contributed by atoms with Gasteiger partial charge in [0.1, 0.15) is 5.75 Å². The molecule has 0 unspecified atom stereocenters. The summed E-state index contributed by atoms with van der Waals surface area (Å²) in [7, 11) is 0. The number of rotatable bonds is 4. The first-order chi connectivity index (χ1) is 8.79. The quantitative estimate of drug-likeness (QED) is 0.879. The molecular weight excluding hydrogens is 250 g/mol. The molecule has 0 radical (unpaired) electrons. The minimum atomic E-state index is 0.623. The van der Waals surface area contributed by atoms with E-state index in [1.165, 1.54) is 0 Å². The Bertz CT molecular complexity index is 434. The van der Waals surface area contributed by atoms with Gasteiger partial charge in [-0.1, -0.05) is 17.7 Å². The minimum absolute atomic E-state index is 0.623. The van der Waals surface area contributed by atoms with Gasteiger partial charge in [-0.15, -0.1) is 0 Å². The van der Waals surface area contributed by atoms with Gasteiger partial charge in [-0.2, -0.15) is 0 Å². The minimum Gasteiger partial charge on any atom is -0.492 e. The van der Waals surface area contributed by atoms with E-state index in [2.05, 4.69) is 15.6 Å². The van der Waals surface area contributed by atoms with Crippen LogP contribution in [0.3, 0.4) is 0 Å². The van der Waals surface area contributed by atoms with E-state index in [1.54, 1.807) is 0 Å². The summed E-state index contributed by atoms with van der Waals surface area (Å²) < 4.78 is 5.40. The number of nitrogens with zero attached hydrogens (tertiary/aromatic N) is 1. The maximum Gasteiger partial charge on any atom is 0.191 e. The lowest BCUT2D eigenvalue weighted by molar-refractivity contribution is 0.340. The van der Waals surface area contributed by atoms with Crippen molar-refractivity contribution in [2.75, 3.05) is 19.7 Å². The molecule has 1 aliphatic rings. The molecule has 0 spiro atoms. The zero-order valence-electron chi connectivity index (χ0n) is 10.5. The van der Waals surface area contributed by atoms with Crippen molar-refractivity contribution in [1.29, 1.82) is 0 Å². The van der Waals surface area contributed by atoms with Crippen molar-refractivity contribution < 1.29 is 4.74 Å². The third kappa shape index (κ3) is 3.53. The summed E-state index contributed by atoms with van der Waals surface area (Å²) in [5, 5.41) is 7.12. The van der Waals surface area contributed by atoms with Gasteiger partial charge >= 0.3 is 0 Å². The summed E-state index contributed by atoms with van der Waals surface area (Å²) in [6.07, 6.45) is 1.10. The molecule has 0 bridgehead atoms. The molecule has 1 heterocycles. The van der Waals surface area contributed by atoms with E-state index < -0.39 is 0 Å². The number of hydrogen-bond acceptors (Lipinski definition) is 4. The van der Waals surface area contributed by atoms with Crippen LogP contribution in [0.5, 0.6) is 5.75 Å². The number of guanidine groups is 1. The van der Waals surface area contributed by atoms with E-state index in [4.69, 9.17) is 16.3 Å². The normalized spacial score (nSPS) is 14.7. The van der Waals surface area contributed by atoms with E-state index in [1.807, 2.05) is 25.1 Å². The average Bonchev–Trinajstić information content (AvgIpc) is 2.41. The lowest BCUT2D eigenvalue weighted by atomic mass is 10.2. The molecule has 0 atom stereocenters. The first-order valence-corrected chi connectivity index (χ1v) is 6.61. The summed E-state index contributed by atoms with van der Waals surface area (Å²) in [6, 6.07) is 5.83. The molecule has 98 valence electrons. The highest BCUT2D eigenvalue weighted by Crippen LogP contribution is 2.25. The van der Waals surface area contributed by atoms with Gasteiger partial charge in [0.05, 0.1) is 11.6 Å². The Morgan fingerprint density at radius 3 is 3.06 bits per heavy atom. The van der Waals surface area contributed by atoms with Crippen LogP contribution in [-0.2, 0) is 6.54 Å². The first-order valence-electron chi connectivity index (χ1n) is 6.23. The fraction of sp³-hybridized carbons (Fsp3) is 0.462. The van der Waals surface area contributed by atoms with Gasteiger partial charge in [0.2, 0.25) is 0 Å². The SMILES string of the molecule is CCOc1ccc(CNC2=NCCCN2)cc1Cl. The van der Waals surface area contributed by atoms with E-state index in [-0.39, 0.29) is 0 Å². The molecule has 0 amide bonds. The van der Waals surface area contributed by atoms with Crippen LogP contribution in [0.4, 0.5) is 0 Å². The van der Waals surface area contributed by atoms with Crippen LogP contribution >= 0.6 is 11.6 Å². The van der Waals surface area contributed by atoms with Crippen LogP contribution in [0.25, 0.3) is 0 Å². The number of ether oxygens (including phenoxy) is 1. The fourth-order valence-corrected chi connectivity index (χ4v) is 2.02. The molecular formula is C13H18ClN3O. The summed E-state index contributed by atoms with van der Waals surface area (Å²) >= 11 is 6.13. The third-order valence-electron chi connectivity index (χ3n) is 2.65. The zero-order valence-corrected chi connectivity index (χ0v) is 11.3. The van der Waals surface area contributed by atoms with Gasteiger partial charge in [-0.3, -0.25) is 4.99 Å². The second-order valence-electron chi connectivity index (χ2n) is 4.06. The van der Waals surface area contributed by atoms with E-state index in [9.17, 15) is 0 Å². The smallest absolute Gasteiger partial charge is 0.191 e. The van der Waals surface area contributed by atoms with E-state index in [0.717, 1.165) is 36.8 Å². The molecule has 18 heavy (non-hydrogen) atoms. The summed E-state index contributed by atoms with van der Waals surface area (Å²) in [4.78, 5) is 4.35. The van der Waals surface area contributed by atoms with Crippen molar-refractivity contribution in [3.63, 3.8) is 0 Å². The second kappa shape index (κ2) is 6.50. The van der Waals surface area contributed by atoms with Crippen LogP contribution in [0.1, 0.15) is 18.9 Å². The Hall–Kier alpha value is -1.42. The van der Waals surface area contributed by atoms with Gasteiger partial charge in [0.15, 0.2) is 5.96 Å². The molecule has 5 heteroatoms. The Morgan fingerprint density at radius 2 is 2.39 bits per heavy atom. The van der Waals surface area contributed by atoms with Crippen molar-refractivity contribution in [3.8, 4) is 5.75 Å². The van der Waals surface area contributed by atoms with E-state index in [0.29, 0.717) is 18.2 Å². The maximum absolute atomic E-state index is 6.13. The van der Waals surface area contributed by atoms with Crippen molar-refractivity contribution in [3.05, 3.63) is 28.8 Å². The van der Waals surface area contributed by atoms with Crippen molar-refractivity contribution in [1.82, 2.24) is 10.6 Å². The molecule has 2 N–H and O–H groups in total. The topological polar surface area (TPSA) is 45.6 Å². The molecule has 1 aromatic rings. The molecule has 0 fully saturated rings. The zero-order chi connectivity index (χ0) is 12.8. The fourth-order valence-electron chi connectivity index (χ4n) is 1.76. The number of halogens is 1. The van der Waals surface area contributed by atoms with Gasteiger partial charge in [0.25, 0.3) is 0 Å². The lowest BCUT2D eigenvalue weighted by Crippen LogP contribution is -2.40. The number of hydrogen-bond donors (Lipinski definition) is 2. The standard InChI is InChI=1S/C13H18ClN3O/c1-2-18-12-5-4-10(8-11(12)14)9-17-13-15-6-3-7-16-13/h4-5,8H,2-3,6-7,9H2,1H3,(H2,15,16,17). The predicted molar refractivity (Wildman–Crippen MR) is 74.4 cm³/mol. The summed E-state index contributed by atoms with van der Waals surface area (Å²) in [6.45, 7) is 5.14. The molecule has 1 aliphatic heterocycles. The summed E-state index contributed by atoms with van der Waals surface area (Å²) in [5.41, 5.74) is 1.11. The Labute approximate surface area is 112 Å². The third-order valence-corrected chi connectivity index (χ3v) is 2.95. The second-order valence-corrected chi connectivity index (χ2v) is 4.47. The predicted octanol–water partition coefficient (Wildman–Crippen LogP) is 2.18. The highest BCUT2D eigenvalue weighted by Gasteiger charge is 2.05. The lowest BCUT2D eigenvalue weighted by Gasteiger charge is -2.16. The van der Waals surface area contributed by atoms with E-state index >= 15 is 0 Å². The number of benzene rings is 1. The highest BCUT2D eigenvalue weighted by atomic mass is 35.5. The Balaban J connectivity index is 1.93.